The number of imidazole rings is 1. The fourth-order valence-corrected chi connectivity index (χ4v) is 4.11. The van der Waals surface area contributed by atoms with E-state index in [1.54, 1.807) is 6.20 Å². The largest absolute Gasteiger partial charge is 0.483 e. The second kappa shape index (κ2) is 8.52. The summed E-state index contributed by atoms with van der Waals surface area (Å²) in [4.78, 5) is 27.3. The molecule has 2 aliphatic rings. The van der Waals surface area contributed by atoms with Crippen molar-refractivity contribution in [2.24, 2.45) is 5.92 Å². The van der Waals surface area contributed by atoms with Gasteiger partial charge in [-0.3, -0.25) is 9.59 Å². The summed E-state index contributed by atoms with van der Waals surface area (Å²) < 4.78 is 4.06. The van der Waals surface area contributed by atoms with Gasteiger partial charge in [0.05, 0.1) is 5.69 Å². The van der Waals surface area contributed by atoms with Crippen molar-refractivity contribution in [2.75, 3.05) is 6.54 Å². The Kier molecular flexibility index (Phi) is 5.65. The van der Waals surface area contributed by atoms with Gasteiger partial charge in [-0.15, -0.1) is 0 Å². The first-order valence-corrected chi connectivity index (χ1v) is 10.1. The van der Waals surface area contributed by atoms with E-state index in [1.807, 2.05) is 29.3 Å². The van der Waals surface area contributed by atoms with Crippen molar-refractivity contribution in [3.63, 3.8) is 0 Å². The zero-order valence-corrected chi connectivity index (χ0v) is 16.9. The van der Waals surface area contributed by atoms with Crippen molar-refractivity contribution in [2.45, 2.75) is 38.8 Å². The van der Waals surface area contributed by atoms with Crippen LogP contribution in [0.5, 0.6) is 0 Å². The molecule has 2 fully saturated rings. The molecule has 1 unspecified atom stereocenters. The Hall–Kier alpha value is -3.42. The number of carbonyl (C=O) groups is 2. The van der Waals surface area contributed by atoms with Crippen molar-refractivity contribution in [1.82, 2.24) is 24.2 Å². The van der Waals surface area contributed by atoms with Gasteiger partial charge in [0, 0.05) is 61.8 Å². The summed E-state index contributed by atoms with van der Waals surface area (Å²) >= 11 is 0. The number of nitrogens with zero attached hydrogens (tertiary/aromatic N) is 5. The second-order valence-corrected chi connectivity index (χ2v) is 7.81. The van der Waals surface area contributed by atoms with E-state index >= 15 is 0 Å². The van der Waals surface area contributed by atoms with E-state index in [2.05, 4.69) is 44.7 Å². The third-order valence-electron chi connectivity index (χ3n) is 5.62. The normalized spacial score (nSPS) is 18.2. The lowest BCUT2D eigenvalue weighted by Gasteiger charge is -2.17. The van der Waals surface area contributed by atoms with Gasteiger partial charge in [0.2, 0.25) is 5.91 Å². The maximum absolute atomic E-state index is 12.2. The molecule has 30 heavy (non-hydrogen) atoms. The van der Waals surface area contributed by atoms with Crippen LogP contribution in [0.4, 0.5) is 0 Å². The van der Waals surface area contributed by atoms with E-state index in [4.69, 9.17) is 9.90 Å². The molecule has 3 aromatic rings. The highest BCUT2D eigenvalue weighted by atomic mass is 16.3. The average Bonchev–Trinajstić information content (AvgIpc) is 3.10. The molecule has 5 rings (SSSR count). The molecule has 1 N–H and O–H groups in total. The molecule has 1 aliphatic heterocycles. The molecule has 3 heterocycles. The quantitative estimate of drug-likeness (QED) is 0.657. The zero-order chi connectivity index (χ0) is 21.1. The van der Waals surface area contributed by atoms with Gasteiger partial charge in [-0.25, -0.2) is 9.67 Å². The third-order valence-corrected chi connectivity index (χ3v) is 5.62. The molecule has 156 valence electrons. The Morgan fingerprint density at radius 3 is 2.70 bits per heavy atom. The van der Waals surface area contributed by atoms with Gasteiger partial charge < -0.3 is 14.6 Å². The number of hydrogen-bond donors (Lipinski definition) is 1. The minimum Gasteiger partial charge on any atom is -0.483 e. The summed E-state index contributed by atoms with van der Waals surface area (Å²) in [6.07, 6.45) is 10.6. The topological polar surface area (TPSA) is 93.3 Å². The number of aryl methyl sites for hydroxylation is 1. The van der Waals surface area contributed by atoms with Crippen LogP contribution in [0.1, 0.15) is 24.8 Å². The molecule has 0 radical (unpaired) electrons. The molecule has 1 atom stereocenters. The van der Waals surface area contributed by atoms with Crippen molar-refractivity contribution in [1.29, 1.82) is 0 Å². The van der Waals surface area contributed by atoms with Gasteiger partial charge in [0.1, 0.15) is 5.82 Å². The lowest BCUT2D eigenvalue weighted by molar-refractivity contribution is -0.128. The lowest BCUT2D eigenvalue weighted by atomic mass is 10.1. The van der Waals surface area contributed by atoms with Gasteiger partial charge >= 0.3 is 0 Å². The van der Waals surface area contributed by atoms with Crippen LogP contribution in [0.2, 0.25) is 0 Å². The number of carbonyl (C=O) groups excluding carboxylic acids is 1. The number of likely N-dealkylation sites (tertiary alicyclic amines) is 1. The minimum absolute atomic E-state index is 0.250. The van der Waals surface area contributed by atoms with Crippen LogP contribution < -0.4 is 0 Å². The number of carboxylic acid groups (broad SMARTS) is 1. The molecule has 1 aliphatic carbocycles. The Bertz CT molecular complexity index is 1020. The SMILES string of the molecule is Cc1cc(-n2cccn2)ccc1-c1nccn1CC1CC(=O)N(C2CC2)C1.O=CO. The smallest absolute Gasteiger partial charge is 0.290 e. The van der Waals surface area contributed by atoms with Crippen LogP contribution >= 0.6 is 0 Å². The van der Waals surface area contributed by atoms with Gasteiger partial charge in [-0.1, -0.05) is 0 Å². The Balaban J connectivity index is 0.000000687. The first kappa shape index (κ1) is 19.9. The van der Waals surface area contributed by atoms with E-state index in [-0.39, 0.29) is 6.47 Å². The molecular weight excluding hydrogens is 382 g/mol. The van der Waals surface area contributed by atoms with Crippen molar-refractivity contribution in [3.8, 4) is 17.1 Å². The van der Waals surface area contributed by atoms with Crippen LogP contribution in [0.15, 0.2) is 49.1 Å². The minimum atomic E-state index is -0.250. The molecule has 1 aromatic carbocycles. The second-order valence-electron chi connectivity index (χ2n) is 7.81. The number of benzene rings is 1. The number of aromatic nitrogens is 4. The van der Waals surface area contributed by atoms with E-state index in [9.17, 15) is 4.79 Å². The number of amides is 1. The van der Waals surface area contributed by atoms with Crippen LogP contribution in [-0.2, 0) is 16.1 Å². The van der Waals surface area contributed by atoms with Crippen LogP contribution in [0.25, 0.3) is 17.1 Å². The number of hydrogen-bond acceptors (Lipinski definition) is 4. The van der Waals surface area contributed by atoms with Gasteiger partial charge in [-0.05, 0) is 49.6 Å². The third kappa shape index (κ3) is 4.12. The lowest BCUT2D eigenvalue weighted by Crippen LogP contribution is -2.27. The summed E-state index contributed by atoms with van der Waals surface area (Å²) in [5.41, 5.74) is 3.33. The first-order chi connectivity index (χ1) is 14.6. The molecule has 8 nitrogen and oxygen atoms in total. The van der Waals surface area contributed by atoms with E-state index in [1.165, 1.54) is 12.8 Å². The van der Waals surface area contributed by atoms with Crippen molar-refractivity contribution < 1.29 is 14.7 Å². The van der Waals surface area contributed by atoms with Gasteiger partial charge in [-0.2, -0.15) is 5.10 Å². The van der Waals surface area contributed by atoms with Crippen molar-refractivity contribution in [3.05, 3.63) is 54.6 Å². The Morgan fingerprint density at radius 2 is 2.03 bits per heavy atom. The van der Waals surface area contributed by atoms with E-state index < -0.39 is 0 Å². The molecule has 0 bridgehead atoms. The van der Waals surface area contributed by atoms with E-state index in [0.29, 0.717) is 24.3 Å². The molecule has 2 aromatic heterocycles. The predicted octanol–water partition coefficient (Wildman–Crippen LogP) is 2.76. The molecule has 0 spiro atoms. The maximum atomic E-state index is 12.2. The highest BCUT2D eigenvalue weighted by molar-refractivity contribution is 5.79. The Labute approximate surface area is 174 Å². The standard InChI is InChI=1S/C21H23N5O.CH2O2/c1-15-11-18(26-9-2-7-23-26)5-6-19(15)21-22-8-10-24(21)13-16-12-20(27)25(14-16)17-3-4-17;2-1-3/h2,5-11,16-17H,3-4,12-14H2,1H3;1H,(H,2,3). The molecule has 8 heteroatoms. The molecule has 1 saturated heterocycles. The zero-order valence-electron chi connectivity index (χ0n) is 16.9. The van der Waals surface area contributed by atoms with Crippen LogP contribution in [0.3, 0.4) is 0 Å². The molecule has 1 saturated carbocycles. The molecule has 1 amide bonds. The predicted molar refractivity (Wildman–Crippen MR) is 111 cm³/mol. The molecular formula is C22H25N5O3. The fourth-order valence-electron chi connectivity index (χ4n) is 4.11. The fraction of sp³-hybridized carbons (Fsp3) is 0.364. The highest BCUT2D eigenvalue weighted by Gasteiger charge is 2.39. The van der Waals surface area contributed by atoms with Crippen LogP contribution in [-0.4, -0.2) is 54.3 Å². The van der Waals surface area contributed by atoms with Gasteiger partial charge in [0.25, 0.3) is 6.47 Å². The highest BCUT2D eigenvalue weighted by Crippen LogP contribution is 2.33. The van der Waals surface area contributed by atoms with E-state index in [0.717, 1.165) is 35.7 Å². The summed E-state index contributed by atoms with van der Waals surface area (Å²) in [5, 5.41) is 11.2. The van der Waals surface area contributed by atoms with Gasteiger partial charge in [0.15, 0.2) is 0 Å². The maximum Gasteiger partial charge on any atom is 0.290 e. The van der Waals surface area contributed by atoms with Crippen molar-refractivity contribution >= 4 is 12.4 Å². The monoisotopic (exact) mass is 407 g/mol. The van der Waals surface area contributed by atoms with Crippen LogP contribution in [0, 0.1) is 12.8 Å². The first-order valence-electron chi connectivity index (χ1n) is 10.1. The number of rotatable bonds is 5. The summed E-state index contributed by atoms with van der Waals surface area (Å²) in [5.74, 6) is 1.66. The Morgan fingerprint density at radius 1 is 1.23 bits per heavy atom. The summed E-state index contributed by atoms with van der Waals surface area (Å²) in [6.45, 7) is 3.58. The summed E-state index contributed by atoms with van der Waals surface area (Å²) in [7, 11) is 0. The summed E-state index contributed by atoms with van der Waals surface area (Å²) in [6, 6.07) is 8.75. The average molecular weight is 407 g/mol.